The fraction of sp³-hybridized carbons (Fsp3) is 0.133. The second kappa shape index (κ2) is 5.24. The number of thioether (sulfide) groups is 1. The van der Waals surface area contributed by atoms with Gasteiger partial charge >= 0.3 is 6.18 Å². The van der Waals surface area contributed by atoms with Crippen molar-refractivity contribution in [1.82, 2.24) is 0 Å². The molecule has 0 aromatic heterocycles. The van der Waals surface area contributed by atoms with E-state index in [1.54, 1.807) is 18.2 Å². The van der Waals surface area contributed by atoms with Crippen LogP contribution in [0.15, 0.2) is 41.3 Å². The van der Waals surface area contributed by atoms with Crippen molar-refractivity contribution in [3.63, 3.8) is 0 Å². The average Bonchev–Trinajstić information content (AvgIpc) is 2.61. The van der Waals surface area contributed by atoms with Crippen molar-refractivity contribution in [2.45, 2.75) is 11.1 Å². The third-order valence-corrected chi connectivity index (χ3v) is 3.93. The maximum absolute atomic E-state index is 12.8. The van der Waals surface area contributed by atoms with Crippen LogP contribution in [0.2, 0.25) is 0 Å². The number of carbonyl (C=O) groups excluding carboxylic acids is 1. The van der Waals surface area contributed by atoms with Gasteiger partial charge in [-0.3, -0.25) is 4.79 Å². The largest absolute Gasteiger partial charge is 0.454 e. The first-order valence-corrected chi connectivity index (χ1v) is 7.49. The zero-order valence-corrected chi connectivity index (χ0v) is 12.1. The van der Waals surface area contributed by atoms with Crippen LogP contribution in [0.5, 0.6) is 11.5 Å². The minimum Gasteiger partial charge on any atom is -0.454 e. The molecular formula is C15H10F3NO2S. The van der Waals surface area contributed by atoms with E-state index in [0.29, 0.717) is 5.75 Å². The van der Waals surface area contributed by atoms with Gasteiger partial charge in [-0.2, -0.15) is 13.2 Å². The van der Waals surface area contributed by atoms with E-state index >= 15 is 0 Å². The quantitative estimate of drug-likeness (QED) is 0.767. The molecule has 3 nitrogen and oxygen atoms in total. The molecule has 0 fully saturated rings. The lowest BCUT2D eigenvalue weighted by Crippen LogP contribution is -2.12. The highest BCUT2D eigenvalue weighted by Gasteiger charge is 2.32. The predicted molar refractivity (Wildman–Crippen MR) is 77.7 cm³/mol. The highest BCUT2D eigenvalue weighted by molar-refractivity contribution is 7.98. The van der Waals surface area contributed by atoms with Gasteiger partial charge in [0.25, 0.3) is 5.91 Å². The van der Waals surface area contributed by atoms with Crippen molar-refractivity contribution in [3.8, 4) is 11.5 Å². The van der Waals surface area contributed by atoms with Crippen molar-refractivity contribution in [3.05, 3.63) is 47.5 Å². The molecule has 0 unspecified atom stereocenters. The Morgan fingerprint density at radius 3 is 2.50 bits per heavy atom. The number of halogens is 3. The molecule has 0 radical (unpaired) electrons. The maximum atomic E-state index is 12.8. The molecule has 22 heavy (non-hydrogen) atoms. The third-order valence-electron chi connectivity index (χ3n) is 3.21. The number of amides is 1. The van der Waals surface area contributed by atoms with Crippen LogP contribution in [0.3, 0.4) is 0 Å². The molecule has 7 heteroatoms. The molecule has 1 aliphatic heterocycles. The normalized spacial score (nSPS) is 13.5. The summed E-state index contributed by atoms with van der Waals surface area (Å²) in [5.74, 6) is -0.00483. The zero-order valence-electron chi connectivity index (χ0n) is 11.3. The molecule has 0 saturated carbocycles. The van der Waals surface area contributed by atoms with E-state index in [0.717, 1.165) is 17.0 Å². The molecule has 0 bridgehead atoms. The first-order valence-electron chi connectivity index (χ1n) is 6.27. The van der Waals surface area contributed by atoms with Crippen molar-refractivity contribution in [1.29, 1.82) is 0 Å². The third kappa shape index (κ3) is 2.64. The van der Waals surface area contributed by atoms with Crippen LogP contribution in [-0.2, 0) is 6.18 Å². The van der Waals surface area contributed by atoms with Crippen molar-refractivity contribution < 1.29 is 22.7 Å². The van der Waals surface area contributed by atoms with Crippen LogP contribution in [0, 0.1) is 0 Å². The number of hydrogen-bond donors (Lipinski definition) is 1. The SMILES string of the molecule is CSc1ccc2c(c1)C(=O)Nc1cc(C(F)(F)F)ccc1O2. The Morgan fingerprint density at radius 2 is 1.82 bits per heavy atom. The standard InChI is InChI=1S/C15H10F3NO2S/c1-22-9-3-5-12-10(7-9)14(20)19-11-6-8(15(16,17)18)2-4-13(11)21-12/h2-7H,1H3,(H,19,20). The van der Waals surface area contributed by atoms with E-state index in [1.165, 1.54) is 17.8 Å². The molecule has 1 amide bonds. The summed E-state index contributed by atoms with van der Waals surface area (Å²) in [4.78, 5) is 13.1. The summed E-state index contributed by atoms with van der Waals surface area (Å²) < 4.78 is 43.9. The first kappa shape index (κ1) is 14.8. The number of anilines is 1. The Balaban J connectivity index is 2.07. The highest BCUT2D eigenvalue weighted by atomic mass is 32.2. The minimum absolute atomic E-state index is 0.00160. The maximum Gasteiger partial charge on any atom is 0.416 e. The van der Waals surface area contributed by atoms with Gasteiger partial charge in [-0.25, -0.2) is 0 Å². The van der Waals surface area contributed by atoms with Gasteiger partial charge in [-0.1, -0.05) is 0 Å². The van der Waals surface area contributed by atoms with Gasteiger partial charge in [0.05, 0.1) is 16.8 Å². The lowest BCUT2D eigenvalue weighted by molar-refractivity contribution is -0.137. The Labute approximate surface area is 128 Å². The van der Waals surface area contributed by atoms with Gasteiger partial charge in [0, 0.05) is 4.90 Å². The summed E-state index contributed by atoms with van der Waals surface area (Å²) in [5.41, 5.74) is -0.552. The summed E-state index contributed by atoms with van der Waals surface area (Å²) in [5, 5.41) is 2.47. The van der Waals surface area contributed by atoms with Gasteiger partial charge in [-0.05, 0) is 42.7 Å². The number of benzene rings is 2. The van der Waals surface area contributed by atoms with Gasteiger partial charge < -0.3 is 10.1 Å². The molecule has 1 heterocycles. The Hall–Kier alpha value is -2.15. The molecule has 0 aliphatic carbocycles. The molecule has 1 N–H and O–H groups in total. The van der Waals surface area contributed by atoms with Crippen LogP contribution in [0.4, 0.5) is 18.9 Å². The number of ether oxygens (including phenoxy) is 1. The van der Waals surface area contributed by atoms with Crippen molar-refractivity contribution in [2.75, 3.05) is 11.6 Å². The van der Waals surface area contributed by atoms with Crippen LogP contribution < -0.4 is 10.1 Å². The van der Waals surface area contributed by atoms with E-state index in [4.69, 9.17) is 4.74 Å². The lowest BCUT2D eigenvalue weighted by Gasteiger charge is -2.11. The summed E-state index contributed by atoms with van der Waals surface area (Å²) in [6.45, 7) is 0. The van der Waals surface area contributed by atoms with Gasteiger partial charge in [0.1, 0.15) is 5.75 Å². The summed E-state index contributed by atoms with van der Waals surface area (Å²) in [6, 6.07) is 8.06. The Morgan fingerprint density at radius 1 is 1.09 bits per heavy atom. The van der Waals surface area contributed by atoms with Crippen molar-refractivity contribution >= 4 is 23.4 Å². The fourth-order valence-electron chi connectivity index (χ4n) is 2.10. The number of nitrogens with one attached hydrogen (secondary N) is 1. The molecule has 114 valence electrons. The Bertz CT molecular complexity index is 759. The summed E-state index contributed by atoms with van der Waals surface area (Å²) in [7, 11) is 0. The number of fused-ring (bicyclic) bond motifs is 2. The summed E-state index contributed by atoms with van der Waals surface area (Å²) >= 11 is 1.46. The molecule has 2 aromatic rings. The van der Waals surface area contributed by atoms with Crippen LogP contribution in [-0.4, -0.2) is 12.2 Å². The molecular weight excluding hydrogens is 315 g/mol. The van der Waals surface area contributed by atoms with E-state index in [2.05, 4.69) is 5.32 Å². The number of hydrogen-bond acceptors (Lipinski definition) is 3. The average molecular weight is 325 g/mol. The van der Waals surface area contributed by atoms with E-state index in [1.807, 2.05) is 6.26 Å². The molecule has 1 aliphatic rings. The molecule has 0 atom stereocenters. The Kier molecular flexibility index (Phi) is 3.52. The molecule has 2 aromatic carbocycles. The second-order valence-corrected chi connectivity index (χ2v) is 5.51. The molecule has 3 rings (SSSR count). The van der Waals surface area contributed by atoms with Crippen LogP contribution in [0.25, 0.3) is 0 Å². The lowest BCUT2D eigenvalue weighted by atomic mass is 10.1. The monoisotopic (exact) mass is 325 g/mol. The van der Waals surface area contributed by atoms with E-state index < -0.39 is 17.6 Å². The van der Waals surface area contributed by atoms with Gasteiger partial charge in [0.2, 0.25) is 0 Å². The highest BCUT2D eigenvalue weighted by Crippen LogP contribution is 2.40. The van der Waals surface area contributed by atoms with Crippen molar-refractivity contribution in [2.24, 2.45) is 0 Å². The zero-order chi connectivity index (χ0) is 15.9. The number of alkyl halides is 3. The first-order chi connectivity index (χ1) is 10.4. The fourth-order valence-corrected chi connectivity index (χ4v) is 2.54. The minimum atomic E-state index is -4.48. The second-order valence-electron chi connectivity index (χ2n) is 4.63. The predicted octanol–water partition coefficient (Wildman–Crippen LogP) is 4.79. The molecule has 0 saturated heterocycles. The summed E-state index contributed by atoms with van der Waals surface area (Å²) in [6.07, 6.45) is -2.62. The van der Waals surface area contributed by atoms with Crippen LogP contribution in [0.1, 0.15) is 15.9 Å². The van der Waals surface area contributed by atoms with E-state index in [-0.39, 0.29) is 17.0 Å². The van der Waals surface area contributed by atoms with Crippen LogP contribution >= 0.6 is 11.8 Å². The number of rotatable bonds is 1. The van der Waals surface area contributed by atoms with E-state index in [9.17, 15) is 18.0 Å². The van der Waals surface area contributed by atoms with Gasteiger partial charge in [-0.15, -0.1) is 11.8 Å². The van der Waals surface area contributed by atoms with Gasteiger partial charge in [0.15, 0.2) is 5.75 Å². The molecule has 0 spiro atoms. The number of carbonyl (C=O) groups is 1. The topological polar surface area (TPSA) is 38.3 Å². The smallest absolute Gasteiger partial charge is 0.416 e.